The molecule has 9 heteroatoms. The minimum Gasteiger partial charge on any atom is -0.462 e. The van der Waals surface area contributed by atoms with Crippen LogP contribution in [0.2, 0.25) is 0 Å². The highest BCUT2D eigenvalue weighted by atomic mass is 32.1. The van der Waals surface area contributed by atoms with Crippen LogP contribution in [0.4, 0.5) is 5.00 Å². The Morgan fingerprint density at radius 3 is 2.35 bits per heavy atom. The Morgan fingerprint density at radius 1 is 1.10 bits per heavy atom. The Kier molecular flexibility index (Phi) is 8.22. The van der Waals surface area contributed by atoms with Crippen molar-refractivity contribution >= 4 is 40.1 Å². The summed E-state index contributed by atoms with van der Waals surface area (Å²) in [5.74, 6) is -2.01. The van der Waals surface area contributed by atoms with Crippen LogP contribution in [0, 0.1) is 5.41 Å². The van der Waals surface area contributed by atoms with Crippen molar-refractivity contribution in [1.29, 1.82) is 0 Å². The van der Waals surface area contributed by atoms with Crippen LogP contribution in [0.15, 0.2) is 0 Å². The highest BCUT2D eigenvalue weighted by molar-refractivity contribution is 7.17. The molecule has 8 nitrogen and oxygen atoms in total. The van der Waals surface area contributed by atoms with E-state index >= 15 is 0 Å². The molecular formula is C22H32N2O6S. The molecule has 2 unspecified atom stereocenters. The molecular weight excluding hydrogens is 420 g/mol. The van der Waals surface area contributed by atoms with Gasteiger partial charge in [0, 0.05) is 10.3 Å². The first-order chi connectivity index (χ1) is 14.5. The summed E-state index contributed by atoms with van der Waals surface area (Å²) < 4.78 is 10.4. The van der Waals surface area contributed by atoms with Crippen molar-refractivity contribution in [3.8, 4) is 0 Å². The van der Waals surface area contributed by atoms with E-state index in [0.29, 0.717) is 10.6 Å². The quantitative estimate of drug-likeness (QED) is 0.615. The molecule has 1 aromatic heterocycles. The number of thiophene rings is 1. The predicted octanol–water partition coefficient (Wildman–Crippen LogP) is 3.22. The van der Waals surface area contributed by atoms with Gasteiger partial charge in [-0.3, -0.25) is 9.59 Å². The summed E-state index contributed by atoms with van der Waals surface area (Å²) in [6, 6.07) is -0.897. The van der Waals surface area contributed by atoms with Crippen molar-refractivity contribution in [2.75, 3.05) is 11.9 Å². The Morgan fingerprint density at radius 2 is 1.74 bits per heavy atom. The summed E-state index contributed by atoms with van der Waals surface area (Å²) in [5.41, 5.74) is 0.687. The number of hydrogen-bond donors (Lipinski definition) is 2. The maximum Gasteiger partial charge on any atom is 0.341 e. The zero-order valence-corrected chi connectivity index (χ0v) is 19.9. The average molecular weight is 453 g/mol. The second kappa shape index (κ2) is 10.3. The Labute approximate surface area is 187 Å². The number of nitrogens with one attached hydrogen (secondary N) is 2. The van der Waals surface area contributed by atoms with Crippen molar-refractivity contribution < 1.29 is 28.7 Å². The fourth-order valence-corrected chi connectivity index (χ4v) is 4.37. The first-order valence-electron chi connectivity index (χ1n) is 10.6. The van der Waals surface area contributed by atoms with E-state index in [9.17, 15) is 19.2 Å². The van der Waals surface area contributed by atoms with Crippen LogP contribution in [-0.4, -0.2) is 42.5 Å². The molecule has 0 spiro atoms. The number of carbonyl (C=O) groups excluding carboxylic acids is 4. The van der Waals surface area contributed by atoms with Gasteiger partial charge in [-0.2, -0.15) is 0 Å². The number of fused-ring (bicyclic) bond motifs is 1. The molecule has 2 rings (SSSR count). The van der Waals surface area contributed by atoms with Crippen LogP contribution < -0.4 is 10.6 Å². The lowest BCUT2D eigenvalue weighted by Crippen LogP contribution is -2.46. The van der Waals surface area contributed by atoms with Gasteiger partial charge in [0.1, 0.15) is 11.0 Å². The molecule has 172 valence electrons. The normalized spacial score (nSPS) is 15.3. The molecule has 31 heavy (non-hydrogen) atoms. The molecule has 0 radical (unpaired) electrons. The fraction of sp³-hybridized carbons (Fsp3) is 0.636. The van der Waals surface area contributed by atoms with Crippen molar-refractivity contribution in [1.82, 2.24) is 5.32 Å². The number of ether oxygens (including phenoxy) is 2. The number of esters is 2. The maximum absolute atomic E-state index is 12.7. The summed E-state index contributed by atoms with van der Waals surface area (Å²) in [6.07, 6.45) is 2.55. The van der Waals surface area contributed by atoms with Gasteiger partial charge < -0.3 is 20.1 Å². The maximum atomic E-state index is 12.7. The van der Waals surface area contributed by atoms with Crippen LogP contribution in [0.5, 0.6) is 0 Å². The molecule has 2 atom stereocenters. The first kappa shape index (κ1) is 24.8. The molecule has 0 fully saturated rings. The van der Waals surface area contributed by atoms with Gasteiger partial charge in [0.05, 0.1) is 12.2 Å². The van der Waals surface area contributed by atoms with Gasteiger partial charge in [-0.05, 0) is 52.0 Å². The van der Waals surface area contributed by atoms with Gasteiger partial charge in [-0.25, -0.2) is 9.59 Å². The second-order valence-electron chi connectivity index (χ2n) is 8.65. The van der Waals surface area contributed by atoms with Gasteiger partial charge >= 0.3 is 11.9 Å². The van der Waals surface area contributed by atoms with E-state index in [0.717, 1.165) is 36.1 Å². The molecule has 0 bridgehead atoms. The number of carbonyl (C=O) groups is 4. The minimum atomic E-state index is -1.10. The van der Waals surface area contributed by atoms with Crippen molar-refractivity contribution in [3.63, 3.8) is 0 Å². The average Bonchev–Trinajstić information content (AvgIpc) is 3.04. The lowest BCUT2D eigenvalue weighted by atomic mass is 9.95. The van der Waals surface area contributed by atoms with E-state index < -0.39 is 35.4 Å². The van der Waals surface area contributed by atoms with Crippen molar-refractivity contribution in [2.24, 2.45) is 5.41 Å². The first-order valence-corrected chi connectivity index (χ1v) is 11.4. The van der Waals surface area contributed by atoms with Crippen molar-refractivity contribution in [2.45, 2.75) is 79.4 Å². The minimum absolute atomic E-state index is 0.239. The smallest absolute Gasteiger partial charge is 0.341 e. The molecule has 0 aliphatic heterocycles. The monoisotopic (exact) mass is 452 g/mol. The Hall–Kier alpha value is -2.42. The van der Waals surface area contributed by atoms with Gasteiger partial charge in [0.2, 0.25) is 5.91 Å². The zero-order chi connectivity index (χ0) is 23.3. The van der Waals surface area contributed by atoms with E-state index in [4.69, 9.17) is 9.47 Å². The van der Waals surface area contributed by atoms with Crippen LogP contribution in [0.1, 0.15) is 75.2 Å². The molecule has 2 N–H and O–H groups in total. The predicted molar refractivity (Wildman–Crippen MR) is 118 cm³/mol. The van der Waals surface area contributed by atoms with Crippen LogP contribution in [0.25, 0.3) is 0 Å². The zero-order valence-electron chi connectivity index (χ0n) is 19.0. The van der Waals surface area contributed by atoms with Gasteiger partial charge in [-0.1, -0.05) is 20.8 Å². The number of hydrogen-bond acceptors (Lipinski definition) is 7. The third-order valence-electron chi connectivity index (χ3n) is 4.93. The molecule has 1 aliphatic rings. The van der Waals surface area contributed by atoms with Gasteiger partial charge in [-0.15, -0.1) is 11.3 Å². The number of amides is 2. The standard InChI is InChI=1S/C22H32N2O6S/c1-7-29-20(27)16-14-10-8-9-11-15(14)31-18(16)24-17(25)13(3)30-19(26)12(2)23-21(28)22(4,5)6/h12-13H,7-11H2,1-6H3,(H,23,28)(H,24,25). The molecule has 1 heterocycles. The third-order valence-corrected chi connectivity index (χ3v) is 6.14. The van der Waals surface area contributed by atoms with Crippen molar-refractivity contribution in [3.05, 3.63) is 16.0 Å². The summed E-state index contributed by atoms with van der Waals surface area (Å²) in [7, 11) is 0. The highest BCUT2D eigenvalue weighted by Gasteiger charge is 2.30. The van der Waals surface area contributed by atoms with E-state index in [-0.39, 0.29) is 12.5 Å². The van der Waals surface area contributed by atoms with E-state index in [1.54, 1.807) is 27.7 Å². The van der Waals surface area contributed by atoms with E-state index in [1.807, 2.05) is 0 Å². The largest absolute Gasteiger partial charge is 0.462 e. The third kappa shape index (κ3) is 6.29. The summed E-state index contributed by atoms with van der Waals surface area (Å²) in [5, 5.41) is 5.73. The van der Waals surface area contributed by atoms with E-state index in [2.05, 4.69) is 10.6 Å². The Balaban J connectivity index is 2.07. The van der Waals surface area contributed by atoms with Crippen LogP contribution in [-0.2, 0) is 36.7 Å². The summed E-state index contributed by atoms with van der Waals surface area (Å²) in [4.78, 5) is 50.6. The molecule has 1 aromatic rings. The van der Waals surface area contributed by atoms with Gasteiger partial charge in [0.25, 0.3) is 5.91 Å². The van der Waals surface area contributed by atoms with Crippen LogP contribution in [0.3, 0.4) is 0 Å². The molecule has 1 aliphatic carbocycles. The number of rotatable bonds is 7. The van der Waals surface area contributed by atoms with Crippen LogP contribution >= 0.6 is 11.3 Å². The number of aryl methyl sites for hydroxylation is 1. The fourth-order valence-electron chi connectivity index (χ4n) is 3.09. The topological polar surface area (TPSA) is 111 Å². The summed E-state index contributed by atoms with van der Waals surface area (Å²) >= 11 is 1.37. The highest BCUT2D eigenvalue weighted by Crippen LogP contribution is 2.38. The Bertz CT molecular complexity index is 855. The lowest BCUT2D eigenvalue weighted by molar-refractivity contribution is -0.156. The molecule has 2 amide bonds. The summed E-state index contributed by atoms with van der Waals surface area (Å²) in [6.45, 7) is 10.1. The molecule has 0 saturated heterocycles. The second-order valence-corrected chi connectivity index (χ2v) is 9.75. The number of anilines is 1. The lowest BCUT2D eigenvalue weighted by Gasteiger charge is -2.22. The van der Waals surface area contributed by atoms with Gasteiger partial charge in [0.15, 0.2) is 6.10 Å². The molecule has 0 aromatic carbocycles. The van der Waals surface area contributed by atoms with E-state index in [1.165, 1.54) is 25.2 Å². The molecule has 0 saturated carbocycles. The SMILES string of the molecule is CCOC(=O)c1c(NC(=O)C(C)OC(=O)C(C)NC(=O)C(C)(C)C)sc2c1CCCC2.